The fourth-order valence-corrected chi connectivity index (χ4v) is 3.04. The maximum Gasteiger partial charge on any atom is 0.318 e. The molecule has 7 heteroatoms. The Labute approximate surface area is 157 Å². The van der Waals surface area contributed by atoms with Crippen LogP contribution >= 0.6 is 0 Å². The number of nitrogens with one attached hydrogen (secondary N) is 4. The lowest BCUT2D eigenvalue weighted by molar-refractivity contribution is -0.121. The summed E-state index contributed by atoms with van der Waals surface area (Å²) in [6.07, 6.45) is 1.36. The number of urea groups is 1. The van der Waals surface area contributed by atoms with Gasteiger partial charge in [0.25, 0.3) is 0 Å². The fourth-order valence-electron chi connectivity index (χ4n) is 3.04. The van der Waals surface area contributed by atoms with Crippen molar-refractivity contribution in [3.63, 3.8) is 0 Å². The van der Waals surface area contributed by atoms with Gasteiger partial charge in [-0.15, -0.1) is 0 Å². The maximum atomic E-state index is 12.3. The van der Waals surface area contributed by atoms with Gasteiger partial charge in [-0.3, -0.25) is 9.59 Å². The quantitative estimate of drug-likeness (QED) is 0.655. The van der Waals surface area contributed by atoms with E-state index in [-0.39, 0.29) is 30.2 Å². The summed E-state index contributed by atoms with van der Waals surface area (Å²) in [5.41, 5.74) is 3.11. The van der Waals surface area contributed by atoms with E-state index in [1.165, 1.54) is 7.05 Å². The summed E-state index contributed by atoms with van der Waals surface area (Å²) in [5, 5.41) is 10.8. The molecular weight excluding hydrogens is 344 g/mol. The van der Waals surface area contributed by atoms with Gasteiger partial charge in [0.2, 0.25) is 11.8 Å². The predicted octanol–water partition coefficient (Wildman–Crippen LogP) is 2.97. The molecular formula is C20H22N4O3. The summed E-state index contributed by atoms with van der Waals surface area (Å²) in [4.78, 5) is 35.8. The lowest BCUT2D eigenvalue weighted by atomic mass is 9.89. The smallest absolute Gasteiger partial charge is 0.318 e. The predicted molar refractivity (Wildman–Crippen MR) is 105 cm³/mol. The summed E-state index contributed by atoms with van der Waals surface area (Å²) >= 11 is 0. The molecule has 0 aliphatic carbocycles. The van der Waals surface area contributed by atoms with E-state index in [1.54, 1.807) is 24.3 Å². The Morgan fingerprint density at radius 1 is 1.07 bits per heavy atom. The highest BCUT2D eigenvalue weighted by atomic mass is 16.2. The molecule has 7 nitrogen and oxygen atoms in total. The van der Waals surface area contributed by atoms with Crippen molar-refractivity contribution in [2.24, 2.45) is 5.92 Å². The number of amides is 4. The minimum absolute atomic E-state index is 0.0433. The number of benzene rings is 2. The number of hydrogen-bond acceptors (Lipinski definition) is 3. The van der Waals surface area contributed by atoms with Gasteiger partial charge in [-0.2, -0.15) is 0 Å². The molecule has 0 saturated carbocycles. The molecule has 0 spiro atoms. The van der Waals surface area contributed by atoms with Crippen LogP contribution in [-0.4, -0.2) is 24.9 Å². The molecule has 2 aromatic rings. The van der Waals surface area contributed by atoms with Crippen molar-refractivity contribution in [1.82, 2.24) is 5.32 Å². The van der Waals surface area contributed by atoms with E-state index >= 15 is 0 Å². The van der Waals surface area contributed by atoms with Gasteiger partial charge in [-0.05, 0) is 42.7 Å². The Bertz CT molecular complexity index is 866. The first-order chi connectivity index (χ1) is 13.0. The first-order valence-corrected chi connectivity index (χ1v) is 8.82. The number of carbonyl (C=O) groups excluding carboxylic acids is 3. The van der Waals surface area contributed by atoms with Gasteiger partial charge in [-0.1, -0.05) is 24.3 Å². The van der Waals surface area contributed by atoms with Crippen LogP contribution in [-0.2, 0) is 16.0 Å². The van der Waals surface area contributed by atoms with Crippen molar-refractivity contribution in [1.29, 1.82) is 0 Å². The molecule has 1 heterocycles. The highest BCUT2D eigenvalue weighted by molar-refractivity contribution is 5.97. The third-order valence-corrected chi connectivity index (χ3v) is 4.46. The minimum atomic E-state index is -0.331. The van der Waals surface area contributed by atoms with Crippen LogP contribution in [0.5, 0.6) is 0 Å². The molecule has 0 aromatic heterocycles. The van der Waals surface area contributed by atoms with Gasteiger partial charge in [-0.25, -0.2) is 4.79 Å². The van der Waals surface area contributed by atoms with Crippen LogP contribution in [0.3, 0.4) is 0 Å². The van der Waals surface area contributed by atoms with E-state index in [0.29, 0.717) is 24.2 Å². The number of anilines is 3. The van der Waals surface area contributed by atoms with Crippen molar-refractivity contribution in [3.05, 3.63) is 54.1 Å². The molecule has 4 amide bonds. The molecule has 3 rings (SSSR count). The van der Waals surface area contributed by atoms with Crippen LogP contribution in [0.1, 0.15) is 18.4 Å². The zero-order valence-corrected chi connectivity index (χ0v) is 15.0. The average Bonchev–Trinajstić information content (AvgIpc) is 2.66. The Morgan fingerprint density at radius 3 is 2.59 bits per heavy atom. The van der Waals surface area contributed by atoms with E-state index in [9.17, 15) is 14.4 Å². The maximum absolute atomic E-state index is 12.3. The van der Waals surface area contributed by atoms with Gasteiger partial charge < -0.3 is 21.3 Å². The normalized spacial score (nSPS) is 15.3. The van der Waals surface area contributed by atoms with Crippen molar-refractivity contribution in [3.8, 4) is 0 Å². The zero-order valence-electron chi connectivity index (χ0n) is 15.0. The summed E-state index contributed by atoms with van der Waals surface area (Å²) in [6.45, 7) is 0. The number of carbonyl (C=O) groups is 3. The van der Waals surface area contributed by atoms with Crippen LogP contribution in [0.2, 0.25) is 0 Å². The van der Waals surface area contributed by atoms with Crippen LogP contribution < -0.4 is 21.3 Å². The van der Waals surface area contributed by atoms with Crippen molar-refractivity contribution in [2.75, 3.05) is 23.0 Å². The minimum Gasteiger partial charge on any atom is -0.341 e. The fraction of sp³-hybridized carbons (Fsp3) is 0.250. The molecule has 0 fully saturated rings. The van der Waals surface area contributed by atoms with E-state index in [4.69, 9.17) is 0 Å². The number of para-hydroxylation sites is 1. The Morgan fingerprint density at radius 2 is 1.81 bits per heavy atom. The first kappa shape index (κ1) is 18.4. The second kappa shape index (κ2) is 8.35. The molecule has 1 aliphatic heterocycles. The highest BCUT2D eigenvalue weighted by Crippen LogP contribution is 2.27. The standard InChI is InChI=1S/C20H22N4O3/c1-21-20(27)23-16-7-4-6-15(12-16)22-18(25)10-9-14-11-13-5-2-3-8-17(13)24-19(14)26/h2-8,12,14H,9-11H2,1H3,(H,22,25)(H,24,26)(H2,21,23,27). The van der Waals surface area contributed by atoms with Crippen LogP contribution in [0.15, 0.2) is 48.5 Å². The second-order valence-corrected chi connectivity index (χ2v) is 6.42. The van der Waals surface area contributed by atoms with Crippen LogP contribution in [0, 0.1) is 5.92 Å². The molecule has 1 atom stereocenters. The van der Waals surface area contributed by atoms with E-state index < -0.39 is 0 Å². The molecule has 1 aliphatic rings. The van der Waals surface area contributed by atoms with Gasteiger partial charge in [0.15, 0.2) is 0 Å². The Hall–Kier alpha value is -3.35. The highest BCUT2D eigenvalue weighted by Gasteiger charge is 2.26. The third-order valence-electron chi connectivity index (χ3n) is 4.46. The number of rotatable bonds is 5. The molecule has 1 unspecified atom stereocenters. The molecule has 140 valence electrons. The summed E-state index contributed by atoms with van der Waals surface area (Å²) in [6, 6.07) is 14.3. The summed E-state index contributed by atoms with van der Waals surface area (Å²) in [5.74, 6) is -0.427. The summed E-state index contributed by atoms with van der Waals surface area (Å²) < 4.78 is 0. The lowest BCUT2D eigenvalue weighted by Gasteiger charge is -2.24. The largest absolute Gasteiger partial charge is 0.341 e. The number of fused-ring (bicyclic) bond motifs is 1. The number of hydrogen-bond donors (Lipinski definition) is 4. The van der Waals surface area contributed by atoms with Crippen molar-refractivity contribution in [2.45, 2.75) is 19.3 Å². The first-order valence-electron chi connectivity index (χ1n) is 8.82. The van der Waals surface area contributed by atoms with Gasteiger partial charge >= 0.3 is 6.03 Å². The molecule has 0 bridgehead atoms. The molecule has 4 N–H and O–H groups in total. The Kier molecular flexibility index (Phi) is 5.71. The van der Waals surface area contributed by atoms with Gasteiger partial charge in [0, 0.05) is 36.4 Å². The van der Waals surface area contributed by atoms with Crippen LogP contribution in [0.4, 0.5) is 21.9 Å². The summed E-state index contributed by atoms with van der Waals surface area (Å²) in [7, 11) is 1.53. The van der Waals surface area contributed by atoms with Crippen molar-refractivity contribution < 1.29 is 14.4 Å². The molecule has 27 heavy (non-hydrogen) atoms. The lowest BCUT2D eigenvalue weighted by Crippen LogP contribution is -2.30. The molecule has 0 saturated heterocycles. The van der Waals surface area contributed by atoms with E-state index in [0.717, 1.165) is 11.3 Å². The average molecular weight is 366 g/mol. The van der Waals surface area contributed by atoms with E-state index in [1.807, 2.05) is 24.3 Å². The Balaban J connectivity index is 1.54. The third kappa shape index (κ3) is 4.84. The monoisotopic (exact) mass is 366 g/mol. The van der Waals surface area contributed by atoms with Gasteiger partial charge in [0.1, 0.15) is 0 Å². The van der Waals surface area contributed by atoms with E-state index in [2.05, 4.69) is 21.3 Å². The molecule has 0 radical (unpaired) electrons. The zero-order chi connectivity index (χ0) is 19.2. The molecule has 2 aromatic carbocycles. The second-order valence-electron chi connectivity index (χ2n) is 6.42. The topological polar surface area (TPSA) is 99.3 Å². The van der Waals surface area contributed by atoms with Crippen molar-refractivity contribution >= 4 is 34.9 Å². The van der Waals surface area contributed by atoms with Gasteiger partial charge in [0.05, 0.1) is 0 Å². The van der Waals surface area contributed by atoms with Crippen LogP contribution in [0.25, 0.3) is 0 Å². The SMILES string of the molecule is CNC(=O)Nc1cccc(NC(=O)CCC2Cc3ccccc3NC2=O)c1.